The van der Waals surface area contributed by atoms with Gasteiger partial charge >= 0.3 is 0 Å². The van der Waals surface area contributed by atoms with Gasteiger partial charge in [-0.1, -0.05) is 23.2 Å². The van der Waals surface area contributed by atoms with Gasteiger partial charge in [-0.3, -0.25) is 4.79 Å². The van der Waals surface area contributed by atoms with E-state index in [4.69, 9.17) is 27.9 Å². The van der Waals surface area contributed by atoms with Gasteiger partial charge in [0.05, 0.1) is 17.0 Å². The van der Waals surface area contributed by atoms with Gasteiger partial charge in [-0.25, -0.2) is 0 Å². The molecular formula is C13H14Cl2NO4S-. The number of ether oxygens (including phenoxy) is 1. The minimum Gasteiger partial charge on any atom is -0.548 e. The number of halogens is 2. The molecule has 8 heteroatoms. The third kappa shape index (κ3) is 6.46. The molecule has 0 aromatic heterocycles. The Kier molecular flexibility index (Phi) is 7.71. The predicted octanol–water partition coefficient (Wildman–Crippen LogP) is 1.36. The number of rotatable bonds is 8. The second-order valence-electron chi connectivity index (χ2n) is 4.08. The van der Waals surface area contributed by atoms with Crippen LogP contribution >= 0.6 is 35.0 Å². The smallest absolute Gasteiger partial charge is 0.258 e. The summed E-state index contributed by atoms with van der Waals surface area (Å²) < 4.78 is 5.22. The number of aliphatic carboxylic acids is 1. The highest BCUT2D eigenvalue weighted by Crippen LogP contribution is 2.27. The Balaban J connectivity index is 2.52. The molecule has 0 radical (unpaired) electrons. The summed E-state index contributed by atoms with van der Waals surface area (Å²) in [5, 5.41) is 14.0. The number of hydrogen-bond acceptors (Lipinski definition) is 5. The van der Waals surface area contributed by atoms with Crippen molar-refractivity contribution in [3.05, 3.63) is 28.2 Å². The molecule has 0 unspecified atom stereocenters. The van der Waals surface area contributed by atoms with Crippen LogP contribution < -0.4 is 15.2 Å². The van der Waals surface area contributed by atoms with E-state index in [-0.39, 0.29) is 18.8 Å². The number of nitrogens with one attached hydrogen (secondary N) is 1. The minimum atomic E-state index is -1.32. The molecule has 1 N–H and O–H groups in total. The van der Waals surface area contributed by atoms with Crippen LogP contribution in [-0.2, 0) is 9.59 Å². The first-order valence-electron chi connectivity index (χ1n) is 6.01. The number of carboxylic acids is 1. The Hall–Kier alpha value is -1.11. The van der Waals surface area contributed by atoms with E-state index in [2.05, 4.69) is 5.32 Å². The quantitative estimate of drug-likeness (QED) is 0.765. The Labute approximate surface area is 136 Å². The van der Waals surface area contributed by atoms with Gasteiger partial charge in [-0.05, 0) is 30.6 Å². The molecule has 1 rings (SSSR count). The summed E-state index contributed by atoms with van der Waals surface area (Å²) in [6, 6.07) is 3.56. The lowest BCUT2D eigenvalue weighted by molar-refractivity contribution is -0.308. The number of benzene rings is 1. The molecule has 0 fully saturated rings. The van der Waals surface area contributed by atoms with Crippen molar-refractivity contribution in [3.63, 3.8) is 0 Å². The van der Waals surface area contributed by atoms with Crippen LogP contribution in [0.15, 0.2) is 18.2 Å². The summed E-state index contributed by atoms with van der Waals surface area (Å²) in [5.41, 5.74) is 0. The minimum absolute atomic E-state index is 0.258. The Morgan fingerprint density at radius 1 is 1.43 bits per heavy atom. The summed E-state index contributed by atoms with van der Waals surface area (Å²) in [4.78, 5) is 22.6. The van der Waals surface area contributed by atoms with Crippen LogP contribution in [0.2, 0.25) is 10.0 Å². The molecule has 0 aliphatic carbocycles. The van der Waals surface area contributed by atoms with Gasteiger partial charge < -0.3 is 20.0 Å². The van der Waals surface area contributed by atoms with Crippen LogP contribution in [0.25, 0.3) is 0 Å². The number of carboxylic acid groups (broad SMARTS) is 1. The maximum Gasteiger partial charge on any atom is 0.258 e. The van der Waals surface area contributed by atoms with Crippen molar-refractivity contribution in [2.24, 2.45) is 0 Å². The second kappa shape index (κ2) is 9.02. The highest BCUT2D eigenvalue weighted by Gasteiger charge is 2.14. The van der Waals surface area contributed by atoms with Gasteiger partial charge in [0.15, 0.2) is 6.61 Å². The third-order valence-corrected chi connectivity index (χ3v) is 3.67. The molecule has 116 valence electrons. The van der Waals surface area contributed by atoms with Crippen LogP contribution in [0.1, 0.15) is 6.42 Å². The molecule has 21 heavy (non-hydrogen) atoms. The van der Waals surface area contributed by atoms with Gasteiger partial charge in [0.1, 0.15) is 5.75 Å². The molecule has 1 aromatic rings. The molecule has 1 aromatic carbocycles. The lowest BCUT2D eigenvalue weighted by Crippen LogP contribution is -2.49. The predicted molar refractivity (Wildman–Crippen MR) is 81.9 cm³/mol. The largest absolute Gasteiger partial charge is 0.548 e. The van der Waals surface area contributed by atoms with E-state index in [1.807, 2.05) is 6.26 Å². The average molecular weight is 351 g/mol. The normalized spacial score (nSPS) is 11.8. The molecule has 5 nitrogen and oxygen atoms in total. The molecule has 1 amide bonds. The molecule has 0 spiro atoms. The summed E-state index contributed by atoms with van der Waals surface area (Å²) in [5.74, 6) is -1.03. The van der Waals surface area contributed by atoms with Gasteiger partial charge in [-0.2, -0.15) is 11.8 Å². The Morgan fingerprint density at radius 3 is 2.76 bits per heavy atom. The van der Waals surface area contributed by atoms with Crippen molar-refractivity contribution < 1.29 is 19.4 Å². The zero-order valence-corrected chi connectivity index (χ0v) is 13.6. The topological polar surface area (TPSA) is 78.5 Å². The standard InChI is InChI=1S/C13H15Cl2NO4S/c1-21-5-4-10(13(18)19)16-12(17)7-20-11-6-8(14)2-3-9(11)15/h2-3,6,10H,4-5,7H2,1H3,(H,16,17)(H,18,19)/p-1/t10-/m0/s1. The monoisotopic (exact) mass is 350 g/mol. The second-order valence-corrected chi connectivity index (χ2v) is 5.91. The summed E-state index contributed by atoms with van der Waals surface area (Å²) in [7, 11) is 0. The van der Waals surface area contributed by atoms with Gasteiger partial charge in [0, 0.05) is 11.1 Å². The van der Waals surface area contributed by atoms with E-state index in [0.29, 0.717) is 15.8 Å². The first-order chi connectivity index (χ1) is 9.93. The van der Waals surface area contributed by atoms with Crippen molar-refractivity contribution in [1.29, 1.82) is 0 Å². The van der Waals surface area contributed by atoms with Gasteiger partial charge in [-0.15, -0.1) is 0 Å². The van der Waals surface area contributed by atoms with E-state index in [9.17, 15) is 14.7 Å². The van der Waals surface area contributed by atoms with Crippen LogP contribution in [0.4, 0.5) is 0 Å². The first-order valence-corrected chi connectivity index (χ1v) is 8.16. The number of carbonyl (C=O) groups is 2. The molecule has 0 aliphatic rings. The van der Waals surface area contributed by atoms with Gasteiger partial charge in [0.2, 0.25) is 0 Å². The third-order valence-electron chi connectivity index (χ3n) is 2.48. The summed E-state index contributed by atoms with van der Waals surface area (Å²) >= 11 is 13.2. The molecule has 0 saturated heterocycles. The maximum atomic E-state index is 11.7. The molecule has 0 aliphatic heterocycles. The van der Waals surface area contributed by atoms with Crippen molar-refractivity contribution in [1.82, 2.24) is 5.32 Å². The summed E-state index contributed by atoms with van der Waals surface area (Å²) in [6.45, 7) is -0.358. The highest BCUT2D eigenvalue weighted by molar-refractivity contribution is 7.98. The molecular weight excluding hydrogens is 337 g/mol. The van der Waals surface area contributed by atoms with E-state index >= 15 is 0 Å². The lowest BCUT2D eigenvalue weighted by Gasteiger charge is -2.19. The maximum absolute atomic E-state index is 11.7. The number of thioether (sulfide) groups is 1. The number of hydrogen-bond donors (Lipinski definition) is 1. The molecule has 0 heterocycles. The molecule has 0 bridgehead atoms. The fourth-order valence-corrected chi connectivity index (χ4v) is 2.26. The van der Waals surface area contributed by atoms with E-state index in [1.54, 1.807) is 12.1 Å². The fourth-order valence-electron chi connectivity index (χ4n) is 1.45. The average Bonchev–Trinajstić information content (AvgIpc) is 2.44. The van der Waals surface area contributed by atoms with Gasteiger partial charge in [0.25, 0.3) is 5.91 Å². The van der Waals surface area contributed by atoms with Crippen molar-refractivity contribution in [2.75, 3.05) is 18.6 Å². The fraction of sp³-hybridized carbons (Fsp3) is 0.385. The van der Waals surface area contributed by atoms with Crippen LogP contribution in [0, 0.1) is 0 Å². The molecule has 0 saturated carbocycles. The van der Waals surface area contributed by atoms with Crippen LogP contribution in [0.3, 0.4) is 0 Å². The SMILES string of the molecule is CSCC[C@H](NC(=O)COc1cc(Cl)ccc1Cl)C(=O)[O-]. The van der Waals surface area contributed by atoms with Crippen molar-refractivity contribution >= 4 is 46.8 Å². The summed E-state index contributed by atoms with van der Waals surface area (Å²) in [6.07, 6.45) is 2.13. The van der Waals surface area contributed by atoms with Crippen LogP contribution in [0.5, 0.6) is 5.75 Å². The number of amides is 1. The highest BCUT2D eigenvalue weighted by atomic mass is 35.5. The lowest BCUT2D eigenvalue weighted by atomic mass is 10.2. The zero-order valence-electron chi connectivity index (χ0n) is 11.2. The van der Waals surface area contributed by atoms with Crippen molar-refractivity contribution in [2.45, 2.75) is 12.5 Å². The van der Waals surface area contributed by atoms with E-state index in [0.717, 1.165) is 0 Å². The number of carbonyl (C=O) groups excluding carboxylic acids is 2. The Bertz CT molecular complexity index is 513. The van der Waals surface area contributed by atoms with Crippen molar-refractivity contribution in [3.8, 4) is 5.75 Å². The van der Waals surface area contributed by atoms with Crippen LogP contribution in [-0.4, -0.2) is 36.5 Å². The molecule has 1 atom stereocenters. The Morgan fingerprint density at radius 2 is 2.14 bits per heavy atom. The first kappa shape index (κ1) is 17.9. The van der Waals surface area contributed by atoms with E-state index in [1.165, 1.54) is 17.8 Å². The zero-order chi connectivity index (χ0) is 15.8. The van der Waals surface area contributed by atoms with E-state index < -0.39 is 17.9 Å².